The number of anilines is 1. The molecule has 2 heterocycles. The van der Waals surface area contributed by atoms with E-state index in [2.05, 4.69) is 9.97 Å². The number of alkyl halides is 1. The summed E-state index contributed by atoms with van der Waals surface area (Å²) in [5, 5.41) is 0. The van der Waals surface area contributed by atoms with Crippen molar-refractivity contribution in [1.29, 1.82) is 0 Å². The van der Waals surface area contributed by atoms with E-state index in [0.717, 1.165) is 12.2 Å². The van der Waals surface area contributed by atoms with Gasteiger partial charge in [-0.25, -0.2) is 9.37 Å². The van der Waals surface area contributed by atoms with E-state index >= 15 is 0 Å². The van der Waals surface area contributed by atoms with Gasteiger partial charge in [-0.1, -0.05) is 6.07 Å². The second-order valence-corrected chi connectivity index (χ2v) is 4.37. The topological polar surface area (TPSA) is 29.0 Å². The second-order valence-electron chi connectivity index (χ2n) is 4.11. The van der Waals surface area contributed by atoms with E-state index in [1.807, 2.05) is 30.0 Å². The number of hydrogen-bond donors (Lipinski definition) is 0. The molecule has 5 heteroatoms. The Labute approximate surface area is 117 Å². The zero-order valence-corrected chi connectivity index (χ0v) is 11.4. The largest absolute Gasteiger partial charge is 0.351 e. The van der Waals surface area contributed by atoms with Gasteiger partial charge in [0.2, 0.25) is 0 Å². The zero-order chi connectivity index (χ0) is 13.7. The first-order valence-corrected chi connectivity index (χ1v) is 6.63. The molecule has 0 spiro atoms. The normalized spacial score (nSPS) is 10.5. The van der Waals surface area contributed by atoms with Gasteiger partial charge in [-0.05, 0) is 25.1 Å². The molecule has 2 aromatic heterocycles. The van der Waals surface area contributed by atoms with Gasteiger partial charge >= 0.3 is 0 Å². The average Bonchev–Trinajstić information content (AvgIpc) is 2.46. The van der Waals surface area contributed by atoms with Crippen LogP contribution in [0.1, 0.15) is 18.2 Å². The molecule has 2 rings (SSSR count). The molecule has 0 radical (unpaired) electrons. The molecule has 100 valence electrons. The van der Waals surface area contributed by atoms with Gasteiger partial charge in [-0.2, -0.15) is 0 Å². The second kappa shape index (κ2) is 6.48. The third-order valence-corrected chi connectivity index (χ3v) is 3.10. The van der Waals surface area contributed by atoms with Crippen LogP contribution in [-0.2, 0) is 12.4 Å². The summed E-state index contributed by atoms with van der Waals surface area (Å²) in [7, 11) is 0. The predicted molar refractivity (Wildman–Crippen MR) is 74.7 cm³/mol. The van der Waals surface area contributed by atoms with Crippen molar-refractivity contribution >= 4 is 17.4 Å². The lowest BCUT2D eigenvalue weighted by atomic mass is 10.2. The molecule has 0 saturated carbocycles. The number of pyridine rings is 2. The Morgan fingerprint density at radius 2 is 2.16 bits per heavy atom. The van der Waals surface area contributed by atoms with Gasteiger partial charge in [0.15, 0.2) is 0 Å². The standard InChI is InChI=1S/C14H15ClFN3/c1-2-19(10-13-5-3-4-6-17-13)14-11(8-15)7-12(16)9-18-14/h3-7,9H,2,8,10H2,1H3. The molecule has 0 fully saturated rings. The minimum Gasteiger partial charge on any atom is -0.351 e. The van der Waals surface area contributed by atoms with Crippen LogP contribution in [0.3, 0.4) is 0 Å². The molecule has 0 unspecified atom stereocenters. The summed E-state index contributed by atoms with van der Waals surface area (Å²) in [5.41, 5.74) is 1.63. The van der Waals surface area contributed by atoms with Gasteiger partial charge in [0.25, 0.3) is 0 Å². The number of aromatic nitrogens is 2. The highest BCUT2D eigenvalue weighted by Crippen LogP contribution is 2.21. The minimum absolute atomic E-state index is 0.235. The van der Waals surface area contributed by atoms with Crippen LogP contribution in [0.25, 0.3) is 0 Å². The van der Waals surface area contributed by atoms with Crippen molar-refractivity contribution in [2.45, 2.75) is 19.3 Å². The first-order chi connectivity index (χ1) is 9.24. The van der Waals surface area contributed by atoms with Gasteiger partial charge in [0.1, 0.15) is 11.6 Å². The van der Waals surface area contributed by atoms with Crippen LogP contribution in [-0.4, -0.2) is 16.5 Å². The maximum Gasteiger partial charge on any atom is 0.141 e. The summed E-state index contributed by atoms with van der Waals surface area (Å²) in [4.78, 5) is 10.5. The summed E-state index contributed by atoms with van der Waals surface area (Å²) in [6.45, 7) is 3.39. The third-order valence-electron chi connectivity index (χ3n) is 2.81. The van der Waals surface area contributed by atoms with Gasteiger partial charge < -0.3 is 4.90 Å². The number of hydrogen-bond acceptors (Lipinski definition) is 3. The van der Waals surface area contributed by atoms with Gasteiger partial charge in [-0.3, -0.25) is 4.98 Å². The first kappa shape index (κ1) is 13.7. The van der Waals surface area contributed by atoms with Crippen molar-refractivity contribution < 1.29 is 4.39 Å². The van der Waals surface area contributed by atoms with E-state index in [1.165, 1.54) is 12.3 Å². The van der Waals surface area contributed by atoms with Gasteiger partial charge in [0, 0.05) is 18.3 Å². The van der Waals surface area contributed by atoms with Gasteiger partial charge in [-0.15, -0.1) is 11.6 Å². The van der Waals surface area contributed by atoms with Crippen LogP contribution in [0.2, 0.25) is 0 Å². The molecule has 0 N–H and O–H groups in total. The summed E-state index contributed by atoms with van der Waals surface area (Å²) in [6, 6.07) is 7.19. The van der Waals surface area contributed by atoms with Crippen LogP contribution in [0.15, 0.2) is 36.7 Å². The van der Waals surface area contributed by atoms with E-state index < -0.39 is 0 Å². The first-order valence-electron chi connectivity index (χ1n) is 6.09. The highest BCUT2D eigenvalue weighted by molar-refractivity contribution is 6.17. The Hall–Kier alpha value is -1.68. The van der Waals surface area contributed by atoms with Crippen LogP contribution in [0, 0.1) is 5.82 Å². The Kier molecular flexibility index (Phi) is 4.68. The van der Waals surface area contributed by atoms with E-state index in [4.69, 9.17) is 11.6 Å². The smallest absolute Gasteiger partial charge is 0.141 e. The fourth-order valence-corrected chi connectivity index (χ4v) is 2.08. The highest BCUT2D eigenvalue weighted by atomic mass is 35.5. The molecule has 0 aliphatic carbocycles. The number of halogens is 2. The summed E-state index contributed by atoms with van der Waals surface area (Å²) < 4.78 is 13.2. The van der Waals surface area contributed by atoms with Crippen LogP contribution < -0.4 is 4.90 Å². The van der Waals surface area contributed by atoms with Crippen molar-refractivity contribution in [2.75, 3.05) is 11.4 Å². The van der Waals surface area contributed by atoms with E-state index in [-0.39, 0.29) is 11.7 Å². The molecule has 0 saturated heterocycles. The molecule has 0 bridgehead atoms. The fourth-order valence-electron chi connectivity index (χ4n) is 1.88. The molecule has 0 aliphatic rings. The molecule has 2 aromatic rings. The third kappa shape index (κ3) is 3.41. The maximum absolute atomic E-state index is 13.2. The Morgan fingerprint density at radius 3 is 2.79 bits per heavy atom. The van der Waals surface area contributed by atoms with Crippen LogP contribution >= 0.6 is 11.6 Å². The minimum atomic E-state index is -0.367. The van der Waals surface area contributed by atoms with E-state index in [9.17, 15) is 4.39 Å². The monoisotopic (exact) mass is 279 g/mol. The maximum atomic E-state index is 13.2. The fraction of sp³-hybridized carbons (Fsp3) is 0.286. The highest BCUT2D eigenvalue weighted by Gasteiger charge is 2.13. The van der Waals surface area contributed by atoms with Crippen molar-refractivity contribution in [1.82, 2.24) is 9.97 Å². The molecule has 19 heavy (non-hydrogen) atoms. The van der Waals surface area contributed by atoms with E-state index in [0.29, 0.717) is 17.9 Å². The molecular weight excluding hydrogens is 265 g/mol. The molecule has 0 atom stereocenters. The van der Waals surface area contributed by atoms with Gasteiger partial charge in [0.05, 0.1) is 24.3 Å². The Bertz CT molecular complexity index is 533. The molecule has 0 aromatic carbocycles. The quantitative estimate of drug-likeness (QED) is 0.786. The number of nitrogens with zero attached hydrogens (tertiary/aromatic N) is 3. The SMILES string of the molecule is CCN(Cc1ccccn1)c1ncc(F)cc1CCl. The number of rotatable bonds is 5. The lowest BCUT2D eigenvalue weighted by Gasteiger charge is -2.23. The summed E-state index contributed by atoms with van der Waals surface area (Å²) in [6.07, 6.45) is 2.97. The van der Waals surface area contributed by atoms with Crippen molar-refractivity contribution in [2.24, 2.45) is 0 Å². The lowest BCUT2D eigenvalue weighted by Crippen LogP contribution is -2.24. The summed E-state index contributed by atoms with van der Waals surface area (Å²) >= 11 is 5.86. The molecule has 0 amide bonds. The van der Waals surface area contributed by atoms with Crippen LogP contribution in [0.5, 0.6) is 0 Å². The van der Waals surface area contributed by atoms with E-state index in [1.54, 1.807) is 6.20 Å². The van der Waals surface area contributed by atoms with Crippen molar-refractivity contribution in [3.8, 4) is 0 Å². The molecule has 3 nitrogen and oxygen atoms in total. The molecular formula is C14H15ClFN3. The Balaban J connectivity index is 2.27. The van der Waals surface area contributed by atoms with Crippen LogP contribution in [0.4, 0.5) is 10.2 Å². The molecule has 0 aliphatic heterocycles. The lowest BCUT2D eigenvalue weighted by molar-refractivity contribution is 0.618. The summed E-state index contributed by atoms with van der Waals surface area (Å²) in [5.74, 6) is 0.580. The van der Waals surface area contributed by atoms with Crippen molar-refractivity contribution in [3.05, 3.63) is 53.7 Å². The van der Waals surface area contributed by atoms with Crippen molar-refractivity contribution in [3.63, 3.8) is 0 Å². The zero-order valence-electron chi connectivity index (χ0n) is 10.7. The average molecular weight is 280 g/mol. The Morgan fingerprint density at radius 1 is 1.32 bits per heavy atom. The predicted octanol–water partition coefficient (Wildman–Crippen LogP) is 3.38.